The van der Waals surface area contributed by atoms with E-state index in [0.717, 1.165) is 30.3 Å². The molecule has 22 heavy (non-hydrogen) atoms. The maximum atomic E-state index is 5.60. The highest BCUT2D eigenvalue weighted by Gasteiger charge is 2.30. The van der Waals surface area contributed by atoms with Crippen LogP contribution in [0.1, 0.15) is 45.6 Å². The van der Waals surface area contributed by atoms with Crippen LogP contribution in [0.5, 0.6) is 0 Å². The third kappa shape index (κ3) is 4.63. The number of hydrogen-bond acceptors (Lipinski definition) is 6. The molecule has 0 radical (unpaired) electrons. The number of hydrogen-bond donors (Lipinski definition) is 1. The van der Waals surface area contributed by atoms with Crippen LogP contribution in [0.3, 0.4) is 0 Å². The molecule has 6 heteroatoms. The van der Waals surface area contributed by atoms with Crippen molar-refractivity contribution in [3.8, 4) is 0 Å². The van der Waals surface area contributed by atoms with Gasteiger partial charge in [-0.1, -0.05) is 20.8 Å². The highest BCUT2D eigenvalue weighted by Crippen LogP contribution is 2.23. The molecule has 1 aliphatic rings. The fourth-order valence-electron chi connectivity index (χ4n) is 2.26. The number of rotatable bonds is 6. The molecule has 0 aromatic carbocycles. The highest BCUT2D eigenvalue weighted by molar-refractivity contribution is 5.37. The van der Waals surface area contributed by atoms with E-state index in [1.807, 2.05) is 13.0 Å². The van der Waals surface area contributed by atoms with Gasteiger partial charge in [-0.2, -0.15) is 0 Å². The van der Waals surface area contributed by atoms with Gasteiger partial charge in [0.2, 0.25) is 0 Å². The Bertz CT molecular complexity index is 494. The molecule has 6 nitrogen and oxygen atoms in total. The lowest BCUT2D eigenvalue weighted by molar-refractivity contribution is -0.144. The summed E-state index contributed by atoms with van der Waals surface area (Å²) >= 11 is 0. The Morgan fingerprint density at radius 3 is 2.55 bits per heavy atom. The van der Waals surface area contributed by atoms with Crippen LogP contribution < -0.4 is 5.32 Å². The van der Waals surface area contributed by atoms with Crippen molar-refractivity contribution < 1.29 is 14.2 Å². The van der Waals surface area contributed by atoms with Crippen LogP contribution in [0.15, 0.2) is 6.07 Å². The summed E-state index contributed by atoms with van der Waals surface area (Å²) in [7, 11) is 1.67. The van der Waals surface area contributed by atoms with Crippen LogP contribution >= 0.6 is 0 Å². The third-order valence-corrected chi connectivity index (χ3v) is 3.53. The van der Waals surface area contributed by atoms with Crippen molar-refractivity contribution in [3.63, 3.8) is 0 Å². The Hall–Kier alpha value is -1.24. The van der Waals surface area contributed by atoms with Crippen LogP contribution in [-0.4, -0.2) is 42.6 Å². The van der Waals surface area contributed by atoms with Gasteiger partial charge in [-0.15, -0.1) is 0 Å². The molecular formula is C16H27N3O3. The second-order valence-electron chi connectivity index (χ2n) is 6.76. The molecule has 1 N–H and O–H groups in total. The molecule has 1 aromatic rings. The Balaban J connectivity index is 2.04. The van der Waals surface area contributed by atoms with E-state index >= 15 is 0 Å². The molecule has 0 bridgehead atoms. The first-order valence-electron chi connectivity index (χ1n) is 7.71. The monoisotopic (exact) mass is 309 g/mol. The maximum absolute atomic E-state index is 5.60. The van der Waals surface area contributed by atoms with Crippen LogP contribution in [0.25, 0.3) is 0 Å². The topological polar surface area (TPSA) is 65.5 Å². The fourth-order valence-corrected chi connectivity index (χ4v) is 2.26. The van der Waals surface area contributed by atoms with Gasteiger partial charge in [-0.05, 0) is 6.92 Å². The summed E-state index contributed by atoms with van der Waals surface area (Å²) in [5.74, 6) is 1.14. The van der Waals surface area contributed by atoms with Gasteiger partial charge in [-0.3, -0.25) is 0 Å². The molecule has 0 atom stereocenters. The first-order chi connectivity index (χ1) is 10.3. The number of ether oxygens (including phenoxy) is 3. The number of methoxy groups -OCH3 is 1. The lowest BCUT2D eigenvalue weighted by Gasteiger charge is -2.23. The number of nitrogens with zero attached hydrogens (tertiary/aromatic N) is 2. The van der Waals surface area contributed by atoms with Crippen molar-refractivity contribution in [2.45, 2.75) is 51.9 Å². The molecule has 124 valence electrons. The van der Waals surface area contributed by atoms with Crippen molar-refractivity contribution in [2.24, 2.45) is 0 Å². The minimum atomic E-state index is -0.484. The van der Waals surface area contributed by atoms with E-state index in [2.05, 4.69) is 36.1 Å². The summed E-state index contributed by atoms with van der Waals surface area (Å²) in [5.41, 5.74) is 0.772. The Morgan fingerprint density at radius 1 is 1.27 bits per heavy atom. The van der Waals surface area contributed by atoms with Crippen LogP contribution in [0, 0.1) is 0 Å². The maximum Gasteiger partial charge on any atom is 0.167 e. The summed E-state index contributed by atoms with van der Waals surface area (Å²) < 4.78 is 16.4. The first-order valence-corrected chi connectivity index (χ1v) is 7.71. The Morgan fingerprint density at radius 2 is 1.95 bits per heavy atom. The minimum Gasteiger partial charge on any atom is -0.378 e. The second kappa shape index (κ2) is 6.89. The van der Waals surface area contributed by atoms with E-state index < -0.39 is 5.79 Å². The largest absolute Gasteiger partial charge is 0.378 e. The van der Waals surface area contributed by atoms with E-state index in [9.17, 15) is 0 Å². The normalized spacial score (nSPS) is 17.7. The molecule has 0 amide bonds. The van der Waals surface area contributed by atoms with E-state index in [4.69, 9.17) is 14.2 Å². The van der Waals surface area contributed by atoms with Crippen LogP contribution in [0.4, 0.5) is 5.82 Å². The lowest BCUT2D eigenvalue weighted by Crippen LogP contribution is -2.28. The number of aromatic nitrogens is 2. The predicted octanol–water partition coefficient (Wildman–Crippen LogP) is 2.49. The van der Waals surface area contributed by atoms with Gasteiger partial charge < -0.3 is 19.5 Å². The van der Waals surface area contributed by atoms with Crippen molar-refractivity contribution in [3.05, 3.63) is 17.6 Å². The predicted molar refractivity (Wildman–Crippen MR) is 84.9 cm³/mol. The molecule has 2 heterocycles. The Kier molecular flexibility index (Phi) is 5.36. The number of anilines is 1. The number of nitrogens with one attached hydrogen (secondary N) is 1. The van der Waals surface area contributed by atoms with Gasteiger partial charge in [0, 0.05) is 31.6 Å². The quantitative estimate of drug-likeness (QED) is 0.871. The summed E-state index contributed by atoms with van der Waals surface area (Å²) in [6.45, 7) is 10.8. The van der Waals surface area contributed by atoms with Crippen molar-refractivity contribution >= 4 is 5.82 Å². The molecule has 1 fully saturated rings. The fraction of sp³-hybridized carbons (Fsp3) is 0.750. The molecule has 1 aliphatic heterocycles. The van der Waals surface area contributed by atoms with Gasteiger partial charge in [0.1, 0.15) is 11.6 Å². The molecule has 2 rings (SSSR count). The molecule has 0 aliphatic carbocycles. The lowest BCUT2D eigenvalue weighted by atomic mass is 9.95. The summed E-state index contributed by atoms with van der Waals surface area (Å²) in [6, 6.07) is 1.93. The average molecular weight is 309 g/mol. The van der Waals surface area contributed by atoms with Gasteiger partial charge in [0.25, 0.3) is 0 Å². The molecule has 1 saturated heterocycles. The van der Waals surface area contributed by atoms with Crippen molar-refractivity contribution in [1.29, 1.82) is 0 Å². The van der Waals surface area contributed by atoms with Crippen molar-refractivity contribution in [2.75, 3.05) is 32.2 Å². The molecule has 0 spiro atoms. The first kappa shape index (κ1) is 17.1. The molecule has 0 saturated carbocycles. The molecule has 1 aromatic heterocycles. The molecule has 0 unspecified atom stereocenters. The van der Waals surface area contributed by atoms with Crippen molar-refractivity contribution in [1.82, 2.24) is 9.97 Å². The summed E-state index contributed by atoms with van der Waals surface area (Å²) in [6.07, 6.45) is 0.765. The smallest absolute Gasteiger partial charge is 0.167 e. The van der Waals surface area contributed by atoms with Crippen LogP contribution in [-0.2, 0) is 26.2 Å². The van der Waals surface area contributed by atoms with Crippen LogP contribution in [0.2, 0.25) is 0 Å². The van der Waals surface area contributed by atoms with Gasteiger partial charge in [0.15, 0.2) is 5.79 Å². The Labute approximate surface area is 132 Å². The van der Waals surface area contributed by atoms with Gasteiger partial charge in [-0.25, -0.2) is 9.97 Å². The summed E-state index contributed by atoms with van der Waals surface area (Å²) in [4.78, 5) is 9.18. The van der Waals surface area contributed by atoms with E-state index in [1.165, 1.54) is 0 Å². The van der Waals surface area contributed by atoms with Gasteiger partial charge in [0.05, 0.1) is 25.5 Å². The SMILES string of the molecule is COCc1cc(NCCC2(C)OCCO2)nc(C(C)(C)C)n1. The zero-order valence-corrected chi connectivity index (χ0v) is 14.2. The average Bonchev–Trinajstić information content (AvgIpc) is 2.85. The second-order valence-corrected chi connectivity index (χ2v) is 6.76. The van der Waals surface area contributed by atoms with E-state index in [1.54, 1.807) is 7.11 Å². The zero-order valence-electron chi connectivity index (χ0n) is 14.2. The highest BCUT2D eigenvalue weighted by atomic mass is 16.7. The third-order valence-electron chi connectivity index (χ3n) is 3.53. The zero-order chi connectivity index (χ0) is 16.2. The van der Waals surface area contributed by atoms with E-state index in [-0.39, 0.29) is 5.41 Å². The minimum absolute atomic E-state index is 0.107. The van der Waals surface area contributed by atoms with E-state index in [0.29, 0.717) is 19.8 Å². The van der Waals surface area contributed by atoms with Gasteiger partial charge >= 0.3 is 0 Å². The standard InChI is InChI=1S/C16H27N3O3/c1-15(2,3)14-18-12(11-20-5)10-13(19-14)17-7-6-16(4)21-8-9-22-16/h10H,6-9,11H2,1-5H3,(H,17,18,19). The summed E-state index contributed by atoms with van der Waals surface area (Å²) in [5, 5.41) is 3.34. The molecular weight excluding hydrogens is 282 g/mol.